The second-order valence-corrected chi connectivity index (χ2v) is 8.17. The van der Waals surface area contributed by atoms with Gasteiger partial charge in [-0.25, -0.2) is 9.48 Å². The van der Waals surface area contributed by atoms with Crippen molar-refractivity contribution in [1.29, 1.82) is 0 Å². The van der Waals surface area contributed by atoms with E-state index in [1.54, 1.807) is 18.2 Å². The number of amides is 1. The number of benzene rings is 2. The second kappa shape index (κ2) is 8.34. The molecule has 1 aliphatic heterocycles. The van der Waals surface area contributed by atoms with Crippen molar-refractivity contribution >= 4 is 40.1 Å². The molecule has 13 heteroatoms. The van der Waals surface area contributed by atoms with Gasteiger partial charge in [0.2, 0.25) is 11.7 Å². The van der Waals surface area contributed by atoms with Crippen molar-refractivity contribution in [2.45, 2.75) is 12.8 Å². The summed E-state index contributed by atoms with van der Waals surface area (Å²) in [6.07, 6.45) is -3.81. The summed E-state index contributed by atoms with van der Waals surface area (Å²) in [6.45, 7) is -0.559. The minimum Gasteiger partial charge on any atom is -0.475 e. The lowest BCUT2D eigenvalue weighted by molar-refractivity contribution is -0.286. The van der Waals surface area contributed by atoms with Gasteiger partial charge in [-0.2, -0.15) is 5.10 Å². The average Bonchev–Trinajstić information content (AvgIpc) is 3.40. The summed E-state index contributed by atoms with van der Waals surface area (Å²) >= 11 is 6.08. The van der Waals surface area contributed by atoms with E-state index >= 15 is 0 Å². The molecular formula is C23H14ClF2N3O7. The van der Waals surface area contributed by atoms with Gasteiger partial charge < -0.3 is 23.9 Å². The first-order valence-electron chi connectivity index (χ1n) is 10.2. The molecule has 36 heavy (non-hydrogen) atoms. The molecule has 0 aliphatic carbocycles. The number of carbonyl (C=O) groups is 2. The van der Waals surface area contributed by atoms with Crippen molar-refractivity contribution in [2.75, 3.05) is 11.9 Å². The molecule has 0 radical (unpaired) electrons. The quantitative estimate of drug-likeness (QED) is 0.421. The van der Waals surface area contributed by atoms with Crippen molar-refractivity contribution in [3.63, 3.8) is 0 Å². The highest BCUT2D eigenvalue weighted by molar-refractivity contribution is 6.30. The van der Waals surface area contributed by atoms with E-state index in [1.807, 2.05) is 0 Å². The molecule has 184 valence electrons. The molecule has 0 saturated carbocycles. The number of carboxylic acids is 1. The lowest BCUT2D eigenvalue weighted by Crippen LogP contribution is -2.35. The molecule has 0 bridgehead atoms. The van der Waals surface area contributed by atoms with Gasteiger partial charge in [-0.15, -0.1) is 8.78 Å². The van der Waals surface area contributed by atoms with Gasteiger partial charge in [0.15, 0.2) is 17.1 Å². The number of hydrogen-bond acceptors (Lipinski definition) is 7. The minimum absolute atomic E-state index is 0.0755. The van der Waals surface area contributed by atoms with Crippen molar-refractivity contribution in [3.8, 4) is 22.8 Å². The number of rotatable bonds is 5. The number of aromatic carboxylic acids is 1. The number of carbonyl (C=O) groups excluding carboxylic acids is 1. The van der Waals surface area contributed by atoms with E-state index in [0.717, 1.165) is 15.6 Å². The Kier molecular flexibility index (Phi) is 5.40. The van der Waals surface area contributed by atoms with Gasteiger partial charge in [0.05, 0.1) is 5.39 Å². The molecule has 0 atom stereocenters. The summed E-state index contributed by atoms with van der Waals surface area (Å²) in [4.78, 5) is 38.6. The van der Waals surface area contributed by atoms with Crippen LogP contribution in [0.2, 0.25) is 5.02 Å². The van der Waals surface area contributed by atoms with Gasteiger partial charge in [0, 0.05) is 35.5 Å². The number of furan rings is 1. The molecule has 1 amide bonds. The summed E-state index contributed by atoms with van der Waals surface area (Å²) in [7, 11) is 1.37. The van der Waals surface area contributed by atoms with Gasteiger partial charge in [-0.1, -0.05) is 23.7 Å². The summed E-state index contributed by atoms with van der Waals surface area (Å²) in [5.74, 6) is -2.94. The monoisotopic (exact) mass is 517 g/mol. The zero-order valence-electron chi connectivity index (χ0n) is 18.2. The first-order valence-corrected chi connectivity index (χ1v) is 10.6. The van der Waals surface area contributed by atoms with E-state index in [2.05, 4.69) is 14.6 Å². The van der Waals surface area contributed by atoms with Crippen LogP contribution in [0.15, 0.2) is 57.7 Å². The number of fused-ring (bicyclic) bond motifs is 2. The predicted molar refractivity (Wildman–Crippen MR) is 122 cm³/mol. The first-order chi connectivity index (χ1) is 17.0. The third-order valence-corrected chi connectivity index (χ3v) is 5.61. The fourth-order valence-electron chi connectivity index (χ4n) is 3.64. The predicted octanol–water partition coefficient (Wildman–Crippen LogP) is 3.99. The SMILES string of the molecule is CN(C(=O)Cn1nc(-c2cccc(Cl)c2)c2oc(C(=O)O)cc2c1=O)c1ccc2c(c1)OC(F)(F)O2. The van der Waals surface area contributed by atoms with Crippen LogP contribution in [-0.4, -0.2) is 40.1 Å². The van der Waals surface area contributed by atoms with Gasteiger partial charge in [0.25, 0.3) is 5.56 Å². The van der Waals surface area contributed by atoms with E-state index < -0.39 is 36.0 Å². The maximum Gasteiger partial charge on any atom is 0.586 e. The van der Waals surface area contributed by atoms with E-state index in [0.29, 0.717) is 10.6 Å². The van der Waals surface area contributed by atoms with Crippen LogP contribution in [0.5, 0.6) is 11.5 Å². The third-order valence-electron chi connectivity index (χ3n) is 5.37. The highest BCUT2D eigenvalue weighted by Crippen LogP contribution is 2.42. The van der Waals surface area contributed by atoms with Crippen LogP contribution in [0.25, 0.3) is 22.2 Å². The maximum atomic E-state index is 13.3. The molecule has 10 nitrogen and oxygen atoms in total. The molecule has 2 aromatic carbocycles. The van der Waals surface area contributed by atoms with Crippen molar-refractivity contribution in [2.24, 2.45) is 0 Å². The lowest BCUT2D eigenvalue weighted by Gasteiger charge is -2.18. The molecule has 5 rings (SSSR count). The number of hydrogen-bond donors (Lipinski definition) is 1. The highest BCUT2D eigenvalue weighted by Gasteiger charge is 2.43. The van der Waals surface area contributed by atoms with E-state index in [1.165, 1.54) is 31.3 Å². The Labute approximate surface area is 204 Å². The fraction of sp³-hybridized carbons (Fsp3) is 0.130. The number of nitrogens with zero attached hydrogens (tertiary/aromatic N) is 3. The Balaban J connectivity index is 1.53. The molecule has 3 heterocycles. The molecular weight excluding hydrogens is 504 g/mol. The van der Waals surface area contributed by atoms with Crippen LogP contribution in [0.4, 0.5) is 14.5 Å². The number of ether oxygens (including phenoxy) is 2. The van der Waals surface area contributed by atoms with Crippen LogP contribution in [0, 0.1) is 0 Å². The summed E-state index contributed by atoms with van der Waals surface area (Å²) in [5, 5.41) is 13.8. The Hall–Kier alpha value is -4.45. The van der Waals surface area contributed by atoms with Crippen molar-refractivity contribution < 1.29 is 37.4 Å². The molecule has 0 unspecified atom stereocenters. The summed E-state index contributed by atoms with van der Waals surface area (Å²) in [6, 6.07) is 11.2. The van der Waals surface area contributed by atoms with E-state index in [4.69, 9.17) is 16.0 Å². The number of alkyl halides is 2. The number of carboxylic acid groups (broad SMARTS) is 1. The Morgan fingerprint density at radius 1 is 1.14 bits per heavy atom. The second-order valence-electron chi connectivity index (χ2n) is 7.73. The smallest absolute Gasteiger partial charge is 0.475 e. The van der Waals surface area contributed by atoms with Gasteiger partial charge in [-0.3, -0.25) is 9.59 Å². The zero-order chi connectivity index (χ0) is 25.8. The van der Waals surface area contributed by atoms with Gasteiger partial charge >= 0.3 is 12.3 Å². The minimum atomic E-state index is -3.81. The van der Waals surface area contributed by atoms with Crippen molar-refractivity contribution in [1.82, 2.24) is 9.78 Å². The van der Waals surface area contributed by atoms with Gasteiger partial charge in [-0.05, 0) is 24.3 Å². The lowest BCUT2D eigenvalue weighted by atomic mass is 10.1. The standard InChI is InChI=1S/C23H14ClF2N3O7/c1-28(13-5-6-15-16(8-13)36-23(25,26)35-15)18(30)10-29-21(31)14-9-17(22(32)33)34-20(14)19(27-29)11-3-2-4-12(24)7-11/h2-9H,10H2,1H3,(H,32,33). The van der Waals surface area contributed by atoms with Crippen molar-refractivity contribution in [3.05, 3.63) is 69.7 Å². The normalized spacial score (nSPS) is 13.7. The number of likely N-dealkylation sites (N-methyl/N-ethyl adjacent to an activating group) is 1. The van der Waals surface area contributed by atoms with Crippen LogP contribution in [-0.2, 0) is 11.3 Å². The van der Waals surface area contributed by atoms with E-state index in [9.17, 15) is 28.3 Å². The summed E-state index contributed by atoms with van der Waals surface area (Å²) in [5.41, 5.74) is -0.126. The molecule has 2 aromatic heterocycles. The topological polar surface area (TPSA) is 124 Å². The Morgan fingerprint density at radius 2 is 1.89 bits per heavy atom. The largest absolute Gasteiger partial charge is 0.586 e. The highest BCUT2D eigenvalue weighted by atomic mass is 35.5. The third kappa shape index (κ3) is 4.11. The molecule has 0 spiro atoms. The van der Waals surface area contributed by atoms with E-state index in [-0.39, 0.29) is 33.8 Å². The number of anilines is 1. The molecule has 0 saturated heterocycles. The molecule has 1 N–H and O–H groups in total. The zero-order valence-corrected chi connectivity index (χ0v) is 19.0. The molecule has 1 aliphatic rings. The molecule has 0 fully saturated rings. The Bertz CT molecular complexity index is 1620. The average molecular weight is 518 g/mol. The van der Waals surface area contributed by atoms with Crippen LogP contribution in [0.3, 0.4) is 0 Å². The Morgan fingerprint density at radius 3 is 2.61 bits per heavy atom. The first kappa shape index (κ1) is 23.3. The number of aromatic nitrogens is 2. The molecule has 4 aromatic rings. The van der Waals surface area contributed by atoms with Crippen LogP contribution >= 0.6 is 11.6 Å². The maximum absolute atomic E-state index is 13.3. The number of halogens is 3. The fourth-order valence-corrected chi connectivity index (χ4v) is 3.83. The summed E-state index contributed by atoms with van der Waals surface area (Å²) < 4.78 is 41.6. The van der Waals surface area contributed by atoms with Crippen LogP contribution in [0.1, 0.15) is 10.6 Å². The van der Waals surface area contributed by atoms with Gasteiger partial charge in [0.1, 0.15) is 12.2 Å². The van der Waals surface area contributed by atoms with Crippen LogP contribution < -0.4 is 19.9 Å².